The average Bonchev–Trinajstić information content (AvgIpc) is 2.84. The van der Waals surface area contributed by atoms with Gasteiger partial charge in [-0.3, -0.25) is 0 Å². The molecule has 0 spiro atoms. The molecule has 2 heterocycles. The summed E-state index contributed by atoms with van der Waals surface area (Å²) in [6.45, 7) is 1.99. The normalized spacial score (nSPS) is 22.5. The van der Waals surface area contributed by atoms with E-state index in [0.29, 0.717) is 0 Å². The van der Waals surface area contributed by atoms with Crippen molar-refractivity contribution in [3.8, 4) is 0 Å². The minimum atomic E-state index is 0. The fourth-order valence-corrected chi connectivity index (χ4v) is 1.57. The van der Waals surface area contributed by atoms with Gasteiger partial charge in [0.15, 0.2) is 0 Å². The molecule has 2 aliphatic heterocycles. The van der Waals surface area contributed by atoms with Gasteiger partial charge in [-0.15, -0.1) is 0 Å². The van der Waals surface area contributed by atoms with Crippen molar-refractivity contribution in [2.45, 2.75) is 32.1 Å². The molecular weight excluding hydrogens is 359 g/mol. The number of hydrogen-bond donors (Lipinski definition) is 0. The van der Waals surface area contributed by atoms with Crippen molar-refractivity contribution in [2.75, 3.05) is 27.2 Å². The van der Waals surface area contributed by atoms with Crippen molar-refractivity contribution in [1.82, 2.24) is 0 Å². The fraction of sp³-hybridized carbons (Fsp3) is 0.818. The number of rotatable bonds is 0. The molecule has 17 heavy (non-hydrogen) atoms. The maximum Gasteiger partial charge on any atom is 1.00 e. The van der Waals surface area contributed by atoms with Crippen LogP contribution < -0.4 is 116 Å². The van der Waals surface area contributed by atoms with Gasteiger partial charge in [-0.1, -0.05) is 58.1 Å². The van der Waals surface area contributed by atoms with Crippen molar-refractivity contribution in [3.05, 3.63) is 10.6 Å². The predicted molar refractivity (Wildman–Crippen MR) is 66.3 cm³/mol. The first kappa shape index (κ1) is 21.8. The number of piperidine rings is 1. The first-order chi connectivity index (χ1) is 7.36. The summed E-state index contributed by atoms with van der Waals surface area (Å²) in [5, 5.41) is 8.30. The zero-order valence-electron chi connectivity index (χ0n) is 11.7. The molecule has 0 saturated carbocycles. The number of amidine groups is 2. The molecule has 0 bridgehead atoms. The van der Waals surface area contributed by atoms with E-state index in [1.807, 2.05) is 7.05 Å². The summed E-state index contributed by atoms with van der Waals surface area (Å²) >= 11 is 0. The molecule has 0 aliphatic carbocycles. The van der Waals surface area contributed by atoms with Gasteiger partial charge in [-0.25, -0.2) is 0 Å². The van der Waals surface area contributed by atoms with Crippen LogP contribution in [-0.4, -0.2) is 38.9 Å². The van der Waals surface area contributed by atoms with E-state index in [9.17, 15) is 0 Å². The minimum absolute atomic E-state index is 0. The summed E-state index contributed by atoms with van der Waals surface area (Å²) in [7, 11) is 3.61. The van der Waals surface area contributed by atoms with Crippen molar-refractivity contribution in [2.24, 2.45) is 9.98 Å². The first-order valence-electron chi connectivity index (χ1n) is 5.63. The van der Waals surface area contributed by atoms with Crippen LogP contribution >= 0.6 is 0 Å². The zero-order valence-corrected chi connectivity index (χ0v) is 21.6. The van der Waals surface area contributed by atoms with Gasteiger partial charge in [0.2, 0.25) is 0 Å². The van der Waals surface area contributed by atoms with Crippen molar-refractivity contribution >= 4 is 11.7 Å². The van der Waals surface area contributed by atoms with Gasteiger partial charge in [0.25, 0.3) is 0 Å². The Morgan fingerprint density at radius 2 is 1.24 bits per heavy atom. The van der Waals surface area contributed by atoms with E-state index in [0.717, 1.165) is 37.6 Å². The fourth-order valence-electron chi connectivity index (χ4n) is 1.57. The van der Waals surface area contributed by atoms with Gasteiger partial charge < -0.3 is 20.6 Å². The summed E-state index contributed by atoms with van der Waals surface area (Å²) in [5.41, 5.74) is 0. The molecule has 86 valence electrons. The average molecular weight is 379 g/mol. The second-order valence-corrected chi connectivity index (χ2v) is 3.60. The SMILES string of the molecule is CN=C1CCCC[N-]1.CN=C1CCC[N-]1.[Rb+].[Rb+]. The van der Waals surface area contributed by atoms with Crippen LogP contribution in [0.3, 0.4) is 0 Å². The van der Waals surface area contributed by atoms with Crippen molar-refractivity contribution in [3.63, 3.8) is 0 Å². The maximum absolute atomic E-state index is 4.20. The summed E-state index contributed by atoms with van der Waals surface area (Å²) in [6.07, 6.45) is 5.91. The van der Waals surface area contributed by atoms with Crippen LogP contribution in [-0.2, 0) is 0 Å². The van der Waals surface area contributed by atoms with Crippen LogP contribution in [0.4, 0.5) is 0 Å². The van der Waals surface area contributed by atoms with Crippen LogP contribution in [0.15, 0.2) is 9.98 Å². The predicted octanol–water partition coefficient (Wildman–Crippen LogP) is -3.24. The van der Waals surface area contributed by atoms with Gasteiger partial charge in [-0.05, 0) is 12.8 Å². The largest absolute Gasteiger partial charge is 1.00 e. The van der Waals surface area contributed by atoms with E-state index in [4.69, 9.17) is 0 Å². The molecule has 0 radical (unpaired) electrons. The summed E-state index contributed by atoms with van der Waals surface area (Å²) in [6, 6.07) is 0. The maximum atomic E-state index is 4.20. The molecule has 0 aromatic carbocycles. The van der Waals surface area contributed by atoms with Gasteiger partial charge >= 0.3 is 116 Å². The Labute approximate surface area is 203 Å². The molecule has 2 saturated heterocycles. The molecule has 0 atom stereocenters. The van der Waals surface area contributed by atoms with Crippen LogP contribution in [0.2, 0.25) is 0 Å². The minimum Gasteiger partial charge on any atom is -0.473 e. The third kappa shape index (κ3) is 10.9. The van der Waals surface area contributed by atoms with Gasteiger partial charge in [0, 0.05) is 0 Å². The Hall–Kier alpha value is 2.55. The molecule has 2 aliphatic rings. The standard InChI is InChI=1S/C6H11N2.C5H9N2.2Rb/c1-7-6-4-2-3-5-8-6;1-6-5-3-2-4-7-5;;/h2-5H2,1H3;2-4H2,1H3;;/q2*-1;2*+1. The third-order valence-electron chi connectivity index (χ3n) is 2.47. The molecule has 0 aromatic rings. The first-order valence-corrected chi connectivity index (χ1v) is 5.63. The topological polar surface area (TPSA) is 52.9 Å². The van der Waals surface area contributed by atoms with Gasteiger partial charge in [0.1, 0.15) is 0 Å². The molecule has 0 N–H and O–H groups in total. The summed E-state index contributed by atoms with van der Waals surface area (Å²) < 4.78 is 0. The van der Waals surface area contributed by atoms with E-state index >= 15 is 0 Å². The second-order valence-electron chi connectivity index (χ2n) is 3.60. The molecule has 0 amide bonds. The van der Waals surface area contributed by atoms with Gasteiger partial charge in [0.05, 0.1) is 0 Å². The van der Waals surface area contributed by atoms with Crippen LogP contribution in [0.5, 0.6) is 0 Å². The molecule has 6 heteroatoms. The number of hydrogen-bond acceptors (Lipinski definition) is 2. The molecule has 4 nitrogen and oxygen atoms in total. The van der Waals surface area contributed by atoms with Crippen molar-refractivity contribution in [1.29, 1.82) is 0 Å². The van der Waals surface area contributed by atoms with E-state index in [2.05, 4.69) is 20.6 Å². The second kappa shape index (κ2) is 14.9. The Morgan fingerprint density at radius 3 is 1.47 bits per heavy atom. The Bertz CT molecular complexity index is 226. The van der Waals surface area contributed by atoms with Gasteiger partial charge in [-0.2, -0.15) is 0 Å². The van der Waals surface area contributed by atoms with Crippen LogP contribution in [0.1, 0.15) is 32.1 Å². The van der Waals surface area contributed by atoms with Crippen molar-refractivity contribution < 1.29 is 116 Å². The Morgan fingerprint density at radius 1 is 0.765 bits per heavy atom. The molecular formula is C11H20N4Rb2. The summed E-state index contributed by atoms with van der Waals surface area (Å²) in [4.78, 5) is 7.94. The smallest absolute Gasteiger partial charge is 0.473 e. The number of aliphatic imine (C=N–C) groups is 2. The van der Waals surface area contributed by atoms with E-state index in [-0.39, 0.29) is 116 Å². The monoisotopic (exact) mass is 378 g/mol. The molecule has 0 unspecified atom stereocenters. The summed E-state index contributed by atoms with van der Waals surface area (Å²) in [5.74, 6) is 2.09. The van der Waals surface area contributed by atoms with E-state index in [1.54, 1.807) is 7.05 Å². The zero-order chi connectivity index (χ0) is 10.9. The number of nitrogens with zero attached hydrogens (tertiary/aromatic N) is 4. The van der Waals surface area contributed by atoms with E-state index in [1.165, 1.54) is 19.3 Å². The molecule has 0 aromatic heterocycles. The van der Waals surface area contributed by atoms with Crippen LogP contribution in [0.25, 0.3) is 10.6 Å². The van der Waals surface area contributed by atoms with Crippen LogP contribution in [0, 0.1) is 0 Å². The quantitative estimate of drug-likeness (QED) is 0.425. The Balaban J connectivity index is 0. The molecule has 2 rings (SSSR count). The third-order valence-corrected chi connectivity index (χ3v) is 2.47. The Kier molecular flexibility index (Phi) is 19.2. The molecule has 2 fully saturated rings. The van der Waals surface area contributed by atoms with E-state index < -0.39 is 0 Å².